The van der Waals surface area contributed by atoms with Gasteiger partial charge in [-0.15, -0.1) is 0 Å². The van der Waals surface area contributed by atoms with Crippen LogP contribution in [0.5, 0.6) is 0 Å². The highest BCUT2D eigenvalue weighted by Gasteiger charge is 2.28. The van der Waals surface area contributed by atoms with Crippen molar-refractivity contribution in [3.8, 4) is 11.4 Å². The molecule has 2 unspecified atom stereocenters. The second-order valence-corrected chi connectivity index (χ2v) is 6.66. The van der Waals surface area contributed by atoms with Gasteiger partial charge in [0.15, 0.2) is 0 Å². The van der Waals surface area contributed by atoms with Crippen molar-refractivity contribution in [1.29, 1.82) is 0 Å². The molecule has 124 valence electrons. The zero-order valence-corrected chi connectivity index (χ0v) is 14.1. The van der Waals surface area contributed by atoms with Crippen molar-refractivity contribution >= 4 is 0 Å². The van der Waals surface area contributed by atoms with Crippen molar-refractivity contribution in [3.63, 3.8) is 0 Å². The number of nitrogens with one attached hydrogen (secondary N) is 2. The largest absolute Gasteiger partial charge is 0.342 e. The first-order chi connectivity index (χ1) is 11.8. The molecule has 3 aliphatic heterocycles. The van der Waals surface area contributed by atoms with Crippen LogP contribution in [0.4, 0.5) is 0 Å². The normalized spacial score (nSPS) is 21.2. The summed E-state index contributed by atoms with van der Waals surface area (Å²) in [6, 6.07) is 13.2. The number of aromatic amines is 1. The highest BCUT2D eigenvalue weighted by molar-refractivity contribution is 5.60. The Bertz CT molecular complexity index is 765. The summed E-state index contributed by atoms with van der Waals surface area (Å²) in [7, 11) is 0. The molecule has 0 bridgehead atoms. The van der Waals surface area contributed by atoms with Crippen molar-refractivity contribution < 1.29 is 0 Å². The van der Waals surface area contributed by atoms with Gasteiger partial charge in [-0.25, -0.2) is 4.98 Å². The lowest BCUT2D eigenvalue weighted by atomic mass is 9.85. The molecule has 1 aromatic rings. The molecule has 1 fully saturated rings. The Balaban J connectivity index is 1.65. The summed E-state index contributed by atoms with van der Waals surface area (Å²) < 4.78 is 0. The molecule has 0 spiro atoms. The molecule has 3 aliphatic rings. The molecule has 2 N–H and O–H groups in total. The summed E-state index contributed by atoms with van der Waals surface area (Å²) in [5.41, 5.74) is 4.72. The summed E-state index contributed by atoms with van der Waals surface area (Å²) >= 11 is 0. The Morgan fingerprint density at radius 1 is 1.17 bits per heavy atom. The van der Waals surface area contributed by atoms with Crippen LogP contribution in [-0.4, -0.2) is 21.5 Å². The topological polar surface area (TPSA) is 53.6 Å². The lowest BCUT2D eigenvalue weighted by Gasteiger charge is -2.31. The van der Waals surface area contributed by atoms with Crippen molar-refractivity contribution in [2.24, 2.45) is 0 Å². The van der Waals surface area contributed by atoms with Crippen molar-refractivity contribution in [2.45, 2.75) is 44.6 Å². The number of aromatic nitrogens is 3. The third-order valence-corrected chi connectivity index (χ3v) is 4.96. The number of hydrogen-bond donors (Lipinski definition) is 2. The molecule has 4 heteroatoms. The Kier molecular flexibility index (Phi) is 4.30. The average molecular weight is 320 g/mol. The molecular weight excluding hydrogens is 296 g/mol. The van der Waals surface area contributed by atoms with Gasteiger partial charge in [-0.2, -0.15) is 0 Å². The monoisotopic (exact) mass is 320 g/mol. The van der Waals surface area contributed by atoms with Crippen LogP contribution in [0.15, 0.2) is 42.6 Å². The molecule has 24 heavy (non-hydrogen) atoms. The van der Waals surface area contributed by atoms with Gasteiger partial charge in [-0.1, -0.05) is 37.3 Å². The predicted octanol–water partition coefficient (Wildman–Crippen LogP) is 4.07. The molecular formula is C20H24N4. The van der Waals surface area contributed by atoms with Gasteiger partial charge in [0.05, 0.1) is 11.4 Å². The van der Waals surface area contributed by atoms with E-state index in [1.54, 1.807) is 0 Å². The summed E-state index contributed by atoms with van der Waals surface area (Å²) in [6.45, 7) is 3.22. The maximum atomic E-state index is 4.97. The minimum Gasteiger partial charge on any atom is -0.342 e. The molecule has 0 amide bonds. The Morgan fingerprint density at radius 2 is 2.04 bits per heavy atom. The number of nitrogens with zero attached hydrogens (tertiary/aromatic N) is 2. The second-order valence-electron chi connectivity index (χ2n) is 6.66. The fourth-order valence-corrected chi connectivity index (χ4v) is 3.77. The van der Waals surface area contributed by atoms with Gasteiger partial charge in [0, 0.05) is 24.6 Å². The van der Waals surface area contributed by atoms with Crippen LogP contribution in [0.1, 0.15) is 55.2 Å². The molecule has 4 nitrogen and oxygen atoms in total. The Morgan fingerprint density at radius 3 is 2.88 bits per heavy atom. The number of fused-ring (bicyclic) bond motifs is 1. The fraction of sp³-hybridized carbons (Fsp3) is 0.400. The van der Waals surface area contributed by atoms with Crippen molar-refractivity contribution in [2.75, 3.05) is 6.54 Å². The zero-order valence-electron chi connectivity index (χ0n) is 14.1. The first kappa shape index (κ1) is 15.3. The summed E-state index contributed by atoms with van der Waals surface area (Å²) in [6.07, 6.45) is 6.17. The van der Waals surface area contributed by atoms with Gasteiger partial charge in [0.2, 0.25) is 0 Å². The number of benzene rings is 1. The van der Waals surface area contributed by atoms with E-state index >= 15 is 0 Å². The van der Waals surface area contributed by atoms with Crippen LogP contribution >= 0.6 is 0 Å². The van der Waals surface area contributed by atoms with E-state index in [1.807, 2.05) is 6.20 Å². The predicted molar refractivity (Wildman–Crippen MR) is 96.2 cm³/mol. The molecule has 1 saturated heterocycles. The van der Waals surface area contributed by atoms with E-state index in [9.17, 15) is 0 Å². The van der Waals surface area contributed by atoms with Crippen molar-refractivity contribution in [1.82, 2.24) is 20.3 Å². The molecule has 0 radical (unpaired) electrons. The summed E-state index contributed by atoms with van der Waals surface area (Å²) in [5.74, 6) is 1.54. The SMILES string of the molecule is CCCc1nc(C2CCNC(c3ccccc3)C2)c2nccc-2[nH]1. The van der Waals surface area contributed by atoms with Gasteiger partial charge in [0.25, 0.3) is 0 Å². The lowest BCUT2D eigenvalue weighted by molar-refractivity contribution is 0.364. The molecule has 1 aromatic carbocycles. The summed E-state index contributed by atoms with van der Waals surface area (Å²) in [4.78, 5) is 13.0. The zero-order chi connectivity index (χ0) is 16.4. The number of rotatable bonds is 4. The minimum atomic E-state index is 0.399. The molecule has 3 heterocycles. The van der Waals surface area contributed by atoms with Crippen LogP contribution < -0.4 is 5.32 Å². The quantitative estimate of drug-likeness (QED) is 0.762. The lowest BCUT2D eigenvalue weighted by Crippen LogP contribution is -2.31. The molecule has 2 atom stereocenters. The van der Waals surface area contributed by atoms with Gasteiger partial charge < -0.3 is 10.3 Å². The summed E-state index contributed by atoms with van der Waals surface area (Å²) in [5, 5.41) is 3.66. The highest BCUT2D eigenvalue weighted by atomic mass is 15.0. The van der Waals surface area contributed by atoms with Gasteiger partial charge in [-0.3, -0.25) is 4.98 Å². The first-order valence-electron chi connectivity index (χ1n) is 8.97. The van der Waals surface area contributed by atoms with Crippen LogP contribution in [0, 0.1) is 0 Å². The van der Waals surface area contributed by atoms with Gasteiger partial charge >= 0.3 is 0 Å². The number of aryl methyl sites for hydroxylation is 1. The molecule has 0 aromatic heterocycles. The van der Waals surface area contributed by atoms with Crippen LogP contribution in [0.2, 0.25) is 0 Å². The van der Waals surface area contributed by atoms with E-state index in [4.69, 9.17) is 4.98 Å². The van der Waals surface area contributed by atoms with E-state index < -0.39 is 0 Å². The average Bonchev–Trinajstić information content (AvgIpc) is 3.11. The Hall–Kier alpha value is -2.20. The fourth-order valence-electron chi connectivity index (χ4n) is 3.77. The van der Waals surface area contributed by atoms with E-state index in [0.717, 1.165) is 49.4 Å². The third kappa shape index (κ3) is 2.94. The van der Waals surface area contributed by atoms with E-state index in [2.05, 4.69) is 58.6 Å². The smallest absolute Gasteiger partial charge is 0.108 e. The second kappa shape index (κ2) is 6.73. The van der Waals surface area contributed by atoms with E-state index in [0.29, 0.717) is 12.0 Å². The number of H-pyrrole nitrogens is 1. The maximum absolute atomic E-state index is 4.97. The minimum absolute atomic E-state index is 0.399. The molecule has 4 rings (SSSR count). The third-order valence-electron chi connectivity index (χ3n) is 4.96. The van der Waals surface area contributed by atoms with Crippen LogP contribution in [-0.2, 0) is 6.42 Å². The highest BCUT2D eigenvalue weighted by Crippen LogP contribution is 2.37. The Labute approximate surface area is 143 Å². The first-order valence-corrected chi connectivity index (χ1v) is 8.97. The maximum Gasteiger partial charge on any atom is 0.108 e. The number of piperidine rings is 1. The van der Waals surface area contributed by atoms with Gasteiger partial charge in [0.1, 0.15) is 11.5 Å². The molecule has 0 saturated carbocycles. The van der Waals surface area contributed by atoms with Crippen LogP contribution in [0.3, 0.4) is 0 Å². The van der Waals surface area contributed by atoms with Crippen LogP contribution in [0.25, 0.3) is 11.4 Å². The van der Waals surface area contributed by atoms with E-state index in [-0.39, 0.29) is 0 Å². The van der Waals surface area contributed by atoms with Gasteiger partial charge in [-0.05, 0) is 37.4 Å². The standard InChI is InChI=1S/C20H24N4/c1-2-6-18-23-16-10-12-22-20(16)19(24-18)15-9-11-21-17(13-15)14-7-4-3-5-8-14/h3-5,7-8,10,12,15,17,21H,2,6,9,11,13H2,1H3,(H,23,24). The molecule has 0 aliphatic carbocycles. The van der Waals surface area contributed by atoms with E-state index in [1.165, 1.54) is 11.3 Å². The van der Waals surface area contributed by atoms with Crippen molar-refractivity contribution in [3.05, 3.63) is 59.7 Å². The number of hydrogen-bond acceptors (Lipinski definition) is 3.